The summed E-state index contributed by atoms with van der Waals surface area (Å²) in [6.07, 6.45) is 0. The molecule has 5 nitrogen and oxygen atoms in total. The van der Waals surface area contributed by atoms with Gasteiger partial charge in [0.25, 0.3) is 0 Å². The molecule has 0 aromatic carbocycles. The fourth-order valence-corrected chi connectivity index (χ4v) is 0.568. The molecule has 0 saturated carbocycles. The fraction of sp³-hybridized carbons (Fsp3) is 0. The first-order valence-corrected chi connectivity index (χ1v) is 2.67. The van der Waals surface area contributed by atoms with Gasteiger partial charge in [-0.15, -0.1) is 0 Å². The summed E-state index contributed by atoms with van der Waals surface area (Å²) in [6, 6.07) is 2.18. The Morgan fingerprint density at radius 1 is 1.08 bits per heavy atom. The van der Waals surface area contributed by atoms with Gasteiger partial charge in [0.2, 0.25) is 11.5 Å². The van der Waals surface area contributed by atoms with Crippen LogP contribution in [0.25, 0.3) is 0 Å². The van der Waals surface area contributed by atoms with Crippen LogP contribution in [0, 0.1) is 0 Å². The minimum absolute atomic E-state index is 0. The molecule has 0 aliphatic carbocycles. The summed E-state index contributed by atoms with van der Waals surface area (Å²) in [4.78, 5) is 20.3. The Hall–Kier alpha value is 0.272. The molecule has 1 aromatic rings. The first kappa shape index (κ1) is 12.3. The van der Waals surface area contributed by atoms with Gasteiger partial charge in [-0.05, 0) is 12.1 Å². The Morgan fingerprint density at radius 2 is 1.42 bits per heavy atom. The molecular weight excluding hydrogens is 285 g/mol. The summed E-state index contributed by atoms with van der Waals surface area (Å²) in [5.74, 6) is -3.31. The van der Waals surface area contributed by atoms with Crippen molar-refractivity contribution in [1.82, 2.24) is 0 Å². The van der Waals surface area contributed by atoms with Crippen molar-refractivity contribution < 1.29 is 24.2 Å². The molecule has 2 N–H and O–H groups in total. The van der Waals surface area contributed by atoms with E-state index in [4.69, 9.17) is 10.2 Å². The summed E-state index contributed by atoms with van der Waals surface area (Å²) >= 11 is 0. The van der Waals surface area contributed by atoms with Gasteiger partial charge in [-0.1, -0.05) is 0 Å². The molecule has 0 saturated heterocycles. The first-order valence-electron chi connectivity index (χ1n) is 2.67. The van der Waals surface area contributed by atoms with Crippen LogP contribution in [0.2, 0.25) is 0 Å². The van der Waals surface area contributed by atoms with Crippen molar-refractivity contribution in [2.45, 2.75) is 0 Å². The number of hydrogen-bond acceptors (Lipinski definition) is 3. The van der Waals surface area contributed by atoms with E-state index < -0.39 is 11.9 Å². The van der Waals surface area contributed by atoms with Gasteiger partial charge in [-0.3, -0.25) is 0 Å². The van der Waals surface area contributed by atoms with Gasteiger partial charge in [0, 0.05) is 0 Å². The van der Waals surface area contributed by atoms with E-state index in [-0.39, 0.29) is 80.4 Å². The Morgan fingerprint density at radius 3 is 1.58 bits per heavy atom. The molecule has 0 unspecified atom stereocenters. The zero-order chi connectivity index (χ0) is 8.43. The molecule has 1 rings (SSSR count). The summed E-state index contributed by atoms with van der Waals surface area (Å²) in [5.41, 5.74) is 0. The van der Waals surface area contributed by atoms with Crippen molar-refractivity contribution in [2.24, 2.45) is 0 Å². The van der Waals surface area contributed by atoms with E-state index in [2.05, 4.69) is 4.42 Å². The molecule has 1 aromatic heterocycles. The molecule has 0 spiro atoms. The van der Waals surface area contributed by atoms with Gasteiger partial charge in [0.05, 0.1) is 0 Å². The summed E-state index contributed by atoms with van der Waals surface area (Å²) in [7, 11) is 0. The molecule has 0 aliphatic heterocycles. The van der Waals surface area contributed by atoms with Crippen LogP contribution in [0.3, 0.4) is 0 Å². The minimum atomic E-state index is -1.28. The van der Waals surface area contributed by atoms with Gasteiger partial charge in [-0.25, -0.2) is 9.59 Å². The maximum absolute atomic E-state index is 10.2. The molecule has 12 heavy (non-hydrogen) atoms. The molecule has 60 valence electrons. The maximum atomic E-state index is 10.2. The number of aromatic carboxylic acids is 2. The topological polar surface area (TPSA) is 87.7 Å². The molecule has 0 atom stereocenters. The van der Waals surface area contributed by atoms with Crippen LogP contribution < -0.4 is 0 Å². The van der Waals surface area contributed by atoms with E-state index in [9.17, 15) is 9.59 Å². The molecule has 0 aliphatic rings. The number of carbonyl (C=O) groups is 2. The second kappa shape index (κ2) is 5.10. The Bertz CT molecular complexity index is 274. The van der Waals surface area contributed by atoms with Crippen LogP contribution in [0.5, 0.6) is 0 Å². The summed E-state index contributed by atoms with van der Waals surface area (Å²) < 4.78 is 4.41. The van der Waals surface area contributed by atoms with Gasteiger partial charge in [0.15, 0.2) is 0 Å². The van der Waals surface area contributed by atoms with E-state index >= 15 is 0 Å². The molecule has 0 radical (unpaired) electrons. The zero-order valence-corrected chi connectivity index (χ0v) is 5.27. The Labute approximate surface area is 126 Å². The van der Waals surface area contributed by atoms with E-state index in [0.717, 1.165) is 12.1 Å². The molecule has 1 heterocycles. The number of hydrogen-bond donors (Lipinski definition) is 2. The quantitative estimate of drug-likeness (QED) is 0.802. The normalized spacial score (nSPS) is 8.67. The standard InChI is InChI=1S/C6H4O5.Cs.H/c7-5(8)3-1-2-4(11-3)6(9)10;;/h1-2H,(H,7,8)(H,9,10);;. The average molecular weight is 290 g/mol. The first-order chi connectivity index (χ1) is 5.11. The van der Waals surface area contributed by atoms with Crippen molar-refractivity contribution in [3.63, 3.8) is 0 Å². The molecule has 0 bridgehead atoms. The predicted octanol–water partition coefficient (Wildman–Crippen LogP) is 0.0275. The molecule has 0 amide bonds. The van der Waals surface area contributed by atoms with Gasteiger partial charge in [0.1, 0.15) is 0 Å². The van der Waals surface area contributed by atoms with Crippen LogP contribution >= 0.6 is 0 Å². The SMILES string of the molecule is O=C(O)c1ccc(C(=O)O)o1.[CsH]. The van der Waals surface area contributed by atoms with Crippen molar-refractivity contribution in [2.75, 3.05) is 0 Å². The van der Waals surface area contributed by atoms with Crippen molar-refractivity contribution in [3.05, 3.63) is 23.7 Å². The third kappa shape index (κ3) is 2.96. The van der Waals surface area contributed by atoms with Crippen LogP contribution in [0.1, 0.15) is 21.1 Å². The third-order valence-corrected chi connectivity index (χ3v) is 1.03. The van der Waals surface area contributed by atoms with Crippen LogP contribution in [-0.2, 0) is 0 Å². The second-order valence-corrected chi connectivity index (χ2v) is 1.77. The second-order valence-electron chi connectivity index (χ2n) is 1.77. The third-order valence-electron chi connectivity index (χ3n) is 1.03. The van der Waals surface area contributed by atoms with E-state index in [1.807, 2.05) is 0 Å². The fourth-order valence-electron chi connectivity index (χ4n) is 0.568. The number of rotatable bonds is 2. The van der Waals surface area contributed by atoms with Gasteiger partial charge >= 0.3 is 80.8 Å². The predicted molar refractivity (Wildman–Crippen MR) is 39.8 cm³/mol. The zero-order valence-electron chi connectivity index (χ0n) is 5.27. The van der Waals surface area contributed by atoms with Crippen molar-refractivity contribution >= 4 is 80.8 Å². The van der Waals surface area contributed by atoms with Crippen molar-refractivity contribution in [3.8, 4) is 0 Å². The van der Waals surface area contributed by atoms with Crippen LogP contribution in [-0.4, -0.2) is 91.0 Å². The summed E-state index contributed by atoms with van der Waals surface area (Å²) in [6.45, 7) is 0. The number of carboxylic acid groups (broad SMARTS) is 2. The van der Waals surface area contributed by atoms with Gasteiger partial charge in [-0.2, -0.15) is 0 Å². The monoisotopic (exact) mass is 290 g/mol. The van der Waals surface area contributed by atoms with Gasteiger partial charge < -0.3 is 14.6 Å². The average Bonchev–Trinajstić information content (AvgIpc) is 2.33. The number of carboxylic acids is 2. The van der Waals surface area contributed by atoms with Crippen LogP contribution in [0.15, 0.2) is 16.5 Å². The van der Waals surface area contributed by atoms with E-state index in [0.29, 0.717) is 0 Å². The van der Waals surface area contributed by atoms with E-state index in [1.54, 1.807) is 0 Å². The Kier molecular flexibility index (Phi) is 5.21. The number of furan rings is 1. The van der Waals surface area contributed by atoms with Crippen LogP contribution in [0.4, 0.5) is 0 Å². The van der Waals surface area contributed by atoms with Crippen molar-refractivity contribution in [1.29, 1.82) is 0 Å². The van der Waals surface area contributed by atoms with E-state index in [1.165, 1.54) is 0 Å². The molecule has 6 heteroatoms. The summed E-state index contributed by atoms with van der Waals surface area (Å²) in [5, 5.41) is 16.6. The molecule has 0 fully saturated rings. The molecular formula is C6H5CsO5. The Balaban J connectivity index is 0.00000121.